The highest BCUT2D eigenvalue weighted by Gasteiger charge is 2.41. The zero-order valence-electron chi connectivity index (χ0n) is 30.6. The second-order valence-corrected chi connectivity index (χ2v) is 14.7. The minimum Gasteiger partial charge on any atom is -0.496 e. The maximum Gasteiger partial charge on any atom is 0.321 e. The van der Waals surface area contributed by atoms with Crippen molar-refractivity contribution in [2.24, 2.45) is 11.3 Å². The fourth-order valence-electron chi connectivity index (χ4n) is 7.60. The topological polar surface area (TPSA) is 85.2 Å². The third-order valence-electron chi connectivity index (χ3n) is 10.5. The average Bonchev–Trinajstić information content (AvgIpc) is 3.67. The van der Waals surface area contributed by atoms with Crippen LogP contribution >= 0.6 is 0 Å². The van der Waals surface area contributed by atoms with Crippen molar-refractivity contribution in [2.75, 3.05) is 25.5 Å². The van der Waals surface area contributed by atoms with Crippen molar-refractivity contribution in [3.63, 3.8) is 0 Å². The average molecular weight is 691 g/mol. The standard InChI is InChI=1S/C44H46N6O2/c1-31-29-32(21-24-40(31)52-5)38-23-22-37(45-42(51)49-27-25-33(26-28-49)43(2,3)4)30-39(38)41-46-48-50(47-41)44(34-15-9-6-10-16-34,35-17-11-7-12-18-35)36-19-13-8-14-20-36/h6-24,29-30,33H,25-28H2,1-5H3,(H,45,51). The van der Waals surface area contributed by atoms with Crippen molar-refractivity contribution >= 4 is 11.7 Å². The van der Waals surface area contributed by atoms with E-state index in [0.29, 0.717) is 17.4 Å². The number of aromatic nitrogens is 4. The van der Waals surface area contributed by atoms with Crippen LogP contribution in [-0.2, 0) is 5.54 Å². The normalized spacial score (nSPS) is 13.9. The molecule has 0 radical (unpaired) electrons. The maximum absolute atomic E-state index is 13.6. The SMILES string of the molecule is COc1ccc(-c2ccc(NC(=O)N3CCC(C(C)(C)C)CC3)cc2-c2nnn(C(c3ccccc3)(c3ccccc3)c3ccccc3)n2)cc1C. The summed E-state index contributed by atoms with van der Waals surface area (Å²) < 4.78 is 5.57. The van der Waals surface area contributed by atoms with Gasteiger partial charge in [0, 0.05) is 24.3 Å². The molecule has 1 saturated heterocycles. The van der Waals surface area contributed by atoms with Gasteiger partial charge in [-0.1, -0.05) is 124 Å². The fraction of sp³-hybridized carbons (Fsp3) is 0.273. The van der Waals surface area contributed by atoms with E-state index in [4.69, 9.17) is 20.1 Å². The molecular weight excluding hydrogens is 645 g/mol. The molecule has 0 unspecified atom stereocenters. The van der Waals surface area contributed by atoms with Crippen molar-refractivity contribution in [2.45, 2.75) is 46.1 Å². The predicted molar refractivity (Wildman–Crippen MR) is 207 cm³/mol. The summed E-state index contributed by atoms with van der Waals surface area (Å²) in [7, 11) is 1.68. The molecule has 1 aliphatic heterocycles. The first-order valence-electron chi connectivity index (χ1n) is 18.0. The molecule has 5 aromatic carbocycles. The Bertz CT molecular complexity index is 2040. The first-order valence-corrected chi connectivity index (χ1v) is 18.0. The summed E-state index contributed by atoms with van der Waals surface area (Å²) in [6.07, 6.45) is 1.99. The Labute approximate surface area is 306 Å². The smallest absolute Gasteiger partial charge is 0.321 e. The highest BCUT2D eigenvalue weighted by molar-refractivity contribution is 5.92. The summed E-state index contributed by atoms with van der Waals surface area (Å²) in [5, 5.41) is 18.0. The van der Waals surface area contributed by atoms with E-state index in [2.05, 4.69) is 68.6 Å². The van der Waals surface area contributed by atoms with Gasteiger partial charge < -0.3 is 15.0 Å². The highest BCUT2D eigenvalue weighted by atomic mass is 16.5. The van der Waals surface area contributed by atoms with E-state index in [9.17, 15) is 4.79 Å². The molecule has 1 aromatic heterocycles. The summed E-state index contributed by atoms with van der Waals surface area (Å²) in [5.74, 6) is 1.85. The molecule has 1 aliphatic rings. The highest BCUT2D eigenvalue weighted by Crippen LogP contribution is 2.41. The molecule has 52 heavy (non-hydrogen) atoms. The number of carbonyl (C=O) groups is 1. The number of rotatable bonds is 8. The molecule has 7 rings (SSSR count). The number of hydrogen-bond acceptors (Lipinski definition) is 5. The molecule has 6 aromatic rings. The monoisotopic (exact) mass is 690 g/mol. The van der Waals surface area contributed by atoms with E-state index in [0.717, 1.165) is 70.6 Å². The van der Waals surface area contributed by atoms with Gasteiger partial charge in [0.25, 0.3) is 0 Å². The molecule has 0 saturated carbocycles. The van der Waals surface area contributed by atoms with Crippen LogP contribution in [0.3, 0.4) is 0 Å². The van der Waals surface area contributed by atoms with Crippen molar-refractivity contribution in [3.05, 3.63) is 150 Å². The Balaban J connectivity index is 1.34. The number of ether oxygens (including phenoxy) is 1. The molecule has 0 aliphatic carbocycles. The van der Waals surface area contributed by atoms with Gasteiger partial charge in [-0.3, -0.25) is 0 Å². The number of urea groups is 1. The number of likely N-dealkylation sites (tertiary alicyclic amines) is 1. The molecule has 0 bridgehead atoms. The van der Waals surface area contributed by atoms with Crippen LogP contribution in [0.15, 0.2) is 127 Å². The van der Waals surface area contributed by atoms with E-state index in [1.54, 1.807) is 11.9 Å². The molecule has 1 fully saturated rings. The van der Waals surface area contributed by atoms with Crippen LogP contribution < -0.4 is 10.1 Å². The number of benzene rings is 5. The minimum atomic E-state index is -0.920. The Morgan fingerprint density at radius 2 is 1.33 bits per heavy atom. The Morgan fingerprint density at radius 3 is 1.85 bits per heavy atom. The number of carbonyl (C=O) groups excluding carboxylic acids is 1. The zero-order chi connectivity index (χ0) is 36.3. The van der Waals surface area contributed by atoms with Crippen LogP contribution in [0.25, 0.3) is 22.5 Å². The number of hydrogen-bond donors (Lipinski definition) is 1. The van der Waals surface area contributed by atoms with Gasteiger partial charge >= 0.3 is 6.03 Å². The Morgan fingerprint density at radius 1 is 0.750 bits per heavy atom. The van der Waals surface area contributed by atoms with E-state index >= 15 is 0 Å². The second-order valence-electron chi connectivity index (χ2n) is 14.7. The van der Waals surface area contributed by atoms with Gasteiger partial charge in [-0.25, -0.2) is 4.79 Å². The van der Waals surface area contributed by atoms with E-state index in [1.807, 2.05) is 96.8 Å². The second kappa shape index (κ2) is 14.5. The van der Waals surface area contributed by atoms with Crippen molar-refractivity contribution in [1.29, 1.82) is 0 Å². The van der Waals surface area contributed by atoms with Crippen LogP contribution in [-0.4, -0.2) is 51.3 Å². The van der Waals surface area contributed by atoms with E-state index in [1.165, 1.54) is 0 Å². The lowest BCUT2D eigenvalue weighted by atomic mass is 9.75. The Kier molecular flexibility index (Phi) is 9.65. The minimum absolute atomic E-state index is 0.0979. The van der Waals surface area contributed by atoms with Crippen molar-refractivity contribution < 1.29 is 9.53 Å². The van der Waals surface area contributed by atoms with E-state index in [-0.39, 0.29) is 11.4 Å². The molecule has 1 N–H and O–H groups in total. The van der Waals surface area contributed by atoms with Gasteiger partial charge in [0.1, 0.15) is 5.75 Å². The largest absolute Gasteiger partial charge is 0.496 e. The molecule has 264 valence electrons. The lowest BCUT2D eigenvalue weighted by Gasteiger charge is -2.38. The molecular formula is C44H46N6O2. The quantitative estimate of drug-likeness (QED) is 0.161. The zero-order valence-corrected chi connectivity index (χ0v) is 30.6. The molecule has 0 atom stereocenters. The lowest BCUT2D eigenvalue weighted by molar-refractivity contribution is 0.128. The molecule has 2 heterocycles. The summed E-state index contributed by atoms with van der Waals surface area (Å²) >= 11 is 0. The summed E-state index contributed by atoms with van der Waals surface area (Å²) in [6.45, 7) is 10.4. The number of amides is 2. The molecule has 2 amide bonds. The van der Waals surface area contributed by atoms with Gasteiger partial charge in [0.15, 0.2) is 5.54 Å². The third-order valence-corrected chi connectivity index (χ3v) is 10.5. The number of piperidine rings is 1. The van der Waals surface area contributed by atoms with E-state index < -0.39 is 5.54 Å². The number of aryl methyl sites for hydroxylation is 1. The number of tetrazole rings is 1. The summed E-state index contributed by atoms with van der Waals surface area (Å²) in [6, 6.07) is 42.9. The van der Waals surface area contributed by atoms with Crippen molar-refractivity contribution in [3.8, 4) is 28.3 Å². The van der Waals surface area contributed by atoms with Gasteiger partial charge in [0.2, 0.25) is 5.82 Å². The van der Waals surface area contributed by atoms with Crippen LogP contribution in [0.4, 0.5) is 10.5 Å². The number of nitrogens with zero attached hydrogens (tertiary/aromatic N) is 5. The number of methoxy groups -OCH3 is 1. The van der Waals surface area contributed by atoms with Gasteiger partial charge in [0.05, 0.1) is 7.11 Å². The number of anilines is 1. The van der Waals surface area contributed by atoms with Crippen molar-refractivity contribution in [1.82, 2.24) is 25.1 Å². The first-order chi connectivity index (χ1) is 25.2. The fourth-order valence-corrected chi connectivity index (χ4v) is 7.60. The number of nitrogens with one attached hydrogen (secondary N) is 1. The van der Waals surface area contributed by atoms with Gasteiger partial charge in [-0.2, -0.15) is 0 Å². The van der Waals surface area contributed by atoms with Crippen LogP contribution in [0.2, 0.25) is 0 Å². The lowest BCUT2D eigenvalue weighted by Crippen LogP contribution is -2.43. The Hall–Kier alpha value is -5.76. The molecule has 8 nitrogen and oxygen atoms in total. The summed E-state index contributed by atoms with van der Waals surface area (Å²) in [5.41, 5.74) is 6.64. The van der Waals surface area contributed by atoms with Crippen LogP contribution in [0, 0.1) is 18.3 Å². The predicted octanol–water partition coefficient (Wildman–Crippen LogP) is 9.45. The van der Waals surface area contributed by atoms with Crippen LogP contribution in [0.1, 0.15) is 55.9 Å². The van der Waals surface area contributed by atoms with Crippen LogP contribution in [0.5, 0.6) is 5.75 Å². The van der Waals surface area contributed by atoms with Gasteiger partial charge in [-0.15, -0.1) is 15.0 Å². The summed E-state index contributed by atoms with van der Waals surface area (Å²) in [4.78, 5) is 17.3. The molecule has 8 heteroatoms. The molecule has 0 spiro atoms. The first kappa shape index (κ1) is 34.7. The maximum atomic E-state index is 13.6. The third kappa shape index (κ3) is 6.68. The van der Waals surface area contributed by atoms with Gasteiger partial charge in [-0.05, 0) is 94.0 Å².